The molecule has 0 radical (unpaired) electrons. The second kappa shape index (κ2) is 5.25. The van der Waals surface area contributed by atoms with Crippen LogP contribution < -0.4 is 11.1 Å². The van der Waals surface area contributed by atoms with Gasteiger partial charge < -0.3 is 15.8 Å². The highest BCUT2D eigenvalue weighted by molar-refractivity contribution is 5.69. The van der Waals surface area contributed by atoms with Crippen molar-refractivity contribution in [2.75, 3.05) is 6.54 Å². The third-order valence-corrected chi connectivity index (χ3v) is 3.54. The fourth-order valence-electron chi connectivity index (χ4n) is 2.48. The lowest BCUT2D eigenvalue weighted by Gasteiger charge is -2.36. The summed E-state index contributed by atoms with van der Waals surface area (Å²) in [6.07, 6.45) is 4.00. The van der Waals surface area contributed by atoms with Crippen molar-refractivity contribution >= 4 is 6.09 Å². The zero-order valence-corrected chi connectivity index (χ0v) is 11.5. The number of hydrogen-bond donors (Lipinski definition) is 2. The van der Waals surface area contributed by atoms with E-state index in [1.54, 1.807) is 0 Å². The van der Waals surface area contributed by atoms with Crippen molar-refractivity contribution in [2.45, 2.75) is 64.5 Å². The first-order valence-electron chi connectivity index (χ1n) is 6.50. The normalized spacial score (nSPS) is 21.0. The molecule has 1 aliphatic rings. The predicted octanol–water partition coefficient (Wildman–Crippen LogP) is 2.42. The van der Waals surface area contributed by atoms with Gasteiger partial charge in [0.15, 0.2) is 0 Å². The van der Waals surface area contributed by atoms with E-state index < -0.39 is 5.60 Å². The van der Waals surface area contributed by atoms with Gasteiger partial charge in [-0.15, -0.1) is 0 Å². The van der Waals surface area contributed by atoms with Crippen molar-refractivity contribution in [3.8, 4) is 0 Å². The summed E-state index contributed by atoms with van der Waals surface area (Å²) in [5.74, 6) is 0.289. The molecule has 0 aliphatic heterocycles. The van der Waals surface area contributed by atoms with Gasteiger partial charge in [0, 0.05) is 5.54 Å². The Kier molecular flexibility index (Phi) is 4.42. The summed E-state index contributed by atoms with van der Waals surface area (Å²) >= 11 is 0. The van der Waals surface area contributed by atoms with Crippen molar-refractivity contribution in [2.24, 2.45) is 11.7 Å². The van der Waals surface area contributed by atoms with Crippen LogP contribution in [0.3, 0.4) is 0 Å². The average molecular weight is 242 g/mol. The molecule has 1 unspecified atom stereocenters. The second-order valence-corrected chi connectivity index (χ2v) is 6.13. The largest absolute Gasteiger partial charge is 0.444 e. The number of hydrogen-bond acceptors (Lipinski definition) is 3. The Hall–Kier alpha value is -0.770. The quantitative estimate of drug-likeness (QED) is 0.799. The Morgan fingerprint density at radius 3 is 2.35 bits per heavy atom. The van der Waals surface area contributed by atoms with Crippen molar-refractivity contribution in [1.29, 1.82) is 0 Å². The molecule has 1 amide bonds. The monoisotopic (exact) mass is 242 g/mol. The van der Waals surface area contributed by atoms with Gasteiger partial charge >= 0.3 is 6.09 Å². The molecule has 1 saturated carbocycles. The summed E-state index contributed by atoms with van der Waals surface area (Å²) in [5, 5.41) is 3.06. The molecule has 0 bridgehead atoms. The van der Waals surface area contributed by atoms with Crippen LogP contribution in [-0.4, -0.2) is 23.8 Å². The van der Waals surface area contributed by atoms with E-state index in [9.17, 15) is 4.79 Å². The smallest absolute Gasteiger partial charge is 0.408 e. The standard InChI is InChI=1S/C13H26N2O2/c1-10(9-14)13(7-5-6-8-13)15-11(16)17-12(2,3)4/h10H,5-9,14H2,1-4H3,(H,15,16). The molecule has 0 spiro atoms. The topological polar surface area (TPSA) is 64.3 Å². The number of carbonyl (C=O) groups excluding carboxylic acids is 1. The summed E-state index contributed by atoms with van der Waals surface area (Å²) < 4.78 is 5.33. The Balaban J connectivity index is 2.65. The molecule has 3 N–H and O–H groups in total. The first kappa shape index (κ1) is 14.3. The van der Waals surface area contributed by atoms with Crippen LogP contribution >= 0.6 is 0 Å². The molecular formula is C13H26N2O2. The Labute approximate surface area is 104 Å². The minimum absolute atomic E-state index is 0.156. The van der Waals surface area contributed by atoms with E-state index >= 15 is 0 Å². The first-order chi connectivity index (χ1) is 7.79. The summed E-state index contributed by atoms with van der Waals surface area (Å²) in [4.78, 5) is 11.9. The van der Waals surface area contributed by atoms with Gasteiger partial charge in [0.1, 0.15) is 5.60 Å². The molecule has 0 heterocycles. The van der Waals surface area contributed by atoms with Crippen LogP contribution in [0.25, 0.3) is 0 Å². The molecule has 0 saturated heterocycles. The number of amides is 1. The van der Waals surface area contributed by atoms with Crippen molar-refractivity contribution in [1.82, 2.24) is 5.32 Å². The van der Waals surface area contributed by atoms with Crippen LogP contribution in [0.4, 0.5) is 4.79 Å². The zero-order chi connectivity index (χ0) is 13.1. The molecule has 4 nitrogen and oxygen atoms in total. The average Bonchev–Trinajstić information content (AvgIpc) is 2.63. The summed E-state index contributed by atoms with van der Waals surface area (Å²) in [7, 11) is 0. The lowest BCUT2D eigenvalue weighted by Crippen LogP contribution is -2.54. The maximum absolute atomic E-state index is 11.9. The molecule has 0 aromatic rings. The minimum Gasteiger partial charge on any atom is -0.444 e. The number of rotatable bonds is 3. The Bertz CT molecular complexity index is 265. The fraction of sp³-hybridized carbons (Fsp3) is 0.923. The Morgan fingerprint density at radius 1 is 1.41 bits per heavy atom. The van der Waals surface area contributed by atoms with Gasteiger partial charge in [-0.1, -0.05) is 19.8 Å². The molecule has 4 heteroatoms. The van der Waals surface area contributed by atoms with Crippen LogP contribution in [0, 0.1) is 5.92 Å². The lowest BCUT2D eigenvalue weighted by molar-refractivity contribution is 0.0418. The highest BCUT2D eigenvalue weighted by Crippen LogP contribution is 2.35. The van der Waals surface area contributed by atoms with Gasteiger partial charge in [-0.2, -0.15) is 0 Å². The molecule has 1 rings (SSSR count). The van der Waals surface area contributed by atoms with Crippen LogP contribution in [0.5, 0.6) is 0 Å². The van der Waals surface area contributed by atoms with Gasteiger partial charge in [0.25, 0.3) is 0 Å². The molecular weight excluding hydrogens is 216 g/mol. The third kappa shape index (κ3) is 3.87. The summed E-state index contributed by atoms with van der Waals surface area (Å²) in [6.45, 7) is 8.32. The van der Waals surface area contributed by atoms with E-state index in [4.69, 9.17) is 10.5 Å². The van der Waals surface area contributed by atoms with Gasteiger partial charge in [-0.3, -0.25) is 0 Å². The van der Waals surface area contributed by atoms with Gasteiger partial charge in [-0.25, -0.2) is 4.79 Å². The number of ether oxygens (including phenoxy) is 1. The summed E-state index contributed by atoms with van der Waals surface area (Å²) in [5.41, 5.74) is 5.14. The van der Waals surface area contributed by atoms with E-state index in [2.05, 4.69) is 12.2 Å². The van der Waals surface area contributed by atoms with Gasteiger partial charge in [-0.05, 0) is 46.1 Å². The van der Waals surface area contributed by atoms with E-state index in [1.165, 1.54) is 0 Å². The SMILES string of the molecule is CC(CN)C1(NC(=O)OC(C)(C)C)CCCC1. The minimum atomic E-state index is -0.449. The van der Waals surface area contributed by atoms with E-state index in [-0.39, 0.29) is 17.6 Å². The Morgan fingerprint density at radius 2 is 1.94 bits per heavy atom. The highest BCUT2D eigenvalue weighted by atomic mass is 16.6. The maximum atomic E-state index is 11.9. The van der Waals surface area contributed by atoms with Crippen molar-refractivity contribution in [3.05, 3.63) is 0 Å². The van der Waals surface area contributed by atoms with E-state index in [0.717, 1.165) is 25.7 Å². The predicted molar refractivity (Wildman–Crippen MR) is 68.8 cm³/mol. The molecule has 17 heavy (non-hydrogen) atoms. The van der Waals surface area contributed by atoms with E-state index in [1.807, 2.05) is 20.8 Å². The van der Waals surface area contributed by atoms with Gasteiger partial charge in [0.2, 0.25) is 0 Å². The zero-order valence-electron chi connectivity index (χ0n) is 11.5. The number of alkyl carbamates (subject to hydrolysis) is 1. The molecule has 1 atom stereocenters. The molecule has 0 aromatic heterocycles. The van der Waals surface area contributed by atoms with E-state index in [0.29, 0.717) is 6.54 Å². The molecule has 0 aromatic carbocycles. The lowest BCUT2D eigenvalue weighted by atomic mass is 9.83. The number of carbonyl (C=O) groups is 1. The number of nitrogens with one attached hydrogen (secondary N) is 1. The molecule has 1 aliphatic carbocycles. The van der Waals surface area contributed by atoms with Crippen LogP contribution in [0.1, 0.15) is 53.4 Å². The molecule has 1 fully saturated rings. The first-order valence-corrected chi connectivity index (χ1v) is 6.50. The van der Waals surface area contributed by atoms with Crippen LogP contribution in [0.2, 0.25) is 0 Å². The number of nitrogens with two attached hydrogens (primary N) is 1. The maximum Gasteiger partial charge on any atom is 0.408 e. The van der Waals surface area contributed by atoms with Crippen molar-refractivity contribution < 1.29 is 9.53 Å². The van der Waals surface area contributed by atoms with Crippen LogP contribution in [0.15, 0.2) is 0 Å². The summed E-state index contributed by atoms with van der Waals surface area (Å²) in [6, 6.07) is 0. The molecule has 100 valence electrons. The highest BCUT2D eigenvalue weighted by Gasteiger charge is 2.40. The van der Waals surface area contributed by atoms with Gasteiger partial charge in [0.05, 0.1) is 0 Å². The third-order valence-electron chi connectivity index (χ3n) is 3.54. The fourth-order valence-corrected chi connectivity index (χ4v) is 2.48. The van der Waals surface area contributed by atoms with Crippen LogP contribution in [-0.2, 0) is 4.74 Å². The second-order valence-electron chi connectivity index (χ2n) is 6.13. The van der Waals surface area contributed by atoms with Crippen molar-refractivity contribution in [3.63, 3.8) is 0 Å².